The Morgan fingerprint density at radius 3 is 2.78 bits per heavy atom. The minimum absolute atomic E-state index is 0.185. The zero-order valence-corrected chi connectivity index (χ0v) is 20.7. The highest BCUT2D eigenvalue weighted by Crippen LogP contribution is 2.29. The molecule has 0 saturated heterocycles. The van der Waals surface area contributed by atoms with Gasteiger partial charge < -0.3 is 21.4 Å². The van der Waals surface area contributed by atoms with Crippen molar-refractivity contribution in [3.63, 3.8) is 0 Å². The van der Waals surface area contributed by atoms with Gasteiger partial charge in [0.2, 0.25) is 0 Å². The number of amides is 1. The fraction of sp³-hybridized carbons (Fsp3) is 0.154. The summed E-state index contributed by atoms with van der Waals surface area (Å²) in [6.45, 7) is 3.72. The standard InChI is InChI=1S/C26H25ClFN7O/c1-15-5-4-6-25(32-15)35-23(17-9-10-31-22(11-17)20(14-29)26(36)30-3)13-24(34-35)33-16(2)19-8-7-18(27)12-21(19)28/h4-14,16,29,31H,1-3H3,(H,30,36)(H,33,34)/b22-20+,29-14?. The van der Waals surface area contributed by atoms with E-state index in [1.165, 1.54) is 13.1 Å². The number of anilines is 1. The lowest BCUT2D eigenvalue weighted by Gasteiger charge is -2.15. The van der Waals surface area contributed by atoms with Crippen LogP contribution in [-0.2, 0) is 4.79 Å². The summed E-state index contributed by atoms with van der Waals surface area (Å²) < 4.78 is 16.2. The molecule has 0 saturated carbocycles. The van der Waals surface area contributed by atoms with Crippen molar-refractivity contribution in [3.05, 3.63) is 99.9 Å². The van der Waals surface area contributed by atoms with Crippen molar-refractivity contribution in [2.75, 3.05) is 12.4 Å². The topological polar surface area (TPSA) is 108 Å². The maximum Gasteiger partial charge on any atom is 0.254 e. The number of hydrogen-bond donors (Lipinski definition) is 4. The Labute approximate surface area is 213 Å². The summed E-state index contributed by atoms with van der Waals surface area (Å²) in [4.78, 5) is 16.8. The summed E-state index contributed by atoms with van der Waals surface area (Å²) in [5.41, 5.74) is 3.36. The van der Waals surface area contributed by atoms with E-state index in [0.29, 0.717) is 33.6 Å². The largest absolute Gasteiger partial charge is 0.362 e. The Bertz CT molecular complexity index is 1420. The van der Waals surface area contributed by atoms with Gasteiger partial charge in [0.15, 0.2) is 5.82 Å². The van der Waals surface area contributed by atoms with Gasteiger partial charge in [-0.15, -0.1) is 5.10 Å². The lowest BCUT2D eigenvalue weighted by Crippen LogP contribution is -2.25. The fourth-order valence-corrected chi connectivity index (χ4v) is 3.97. The van der Waals surface area contributed by atoms with Gasteiger partial charge in [0.05, 0.1) is 23.0 Å². The quantitative estimate of drug-likeness (QED) is 0.275. The third kappa shape index (κ3) is 5.21. The van der Waals surface area contributed by atoms with Crippen molar-refractivity contribution in [2.45, 2.75) is 19.9 Å². The van der Waals surface area contributed by atoms with Crippen LogP contribution >= 0.6 is 11.6 Å². The molecule has 0 fully saturated rings. The van der Waals surface area contributed by atoms with E-state index in [9.17, 15) is 9.18 Å². The maximum atomic E-state index is 14.5. The molecule has 8 nitrogen and oxygen atoms in total. The average Bonchev–Trinajstić information content (AvgIpc) is 3.28. The average molecular weight is 506 g/mol. The van der Waals surface area contributed by atoms with Gasteiger partial charge in [-0.25, -0.2) is 14.1 Å². The second-order valence-electron chi connectivity index (χ2n) is 8.12. The van der Waals surface area contributed by atoms with E-state index in [1.807, 2.05) is 44.2 Å². The van der Waals surface area contributed by atoms with Crippen LogP contribution < -0.4 is 16.0 Å². The molecule has 1 aromatic carbocycles. The Balaban J connectivity index is 1.79. The van der Waals surface area contributed by atoms with E-state index in [0.717, 1.165) is 17.5 Å². The molecule has 3 aromatic rings. The summed E-state index contributed by atoms with van der Waals surface area (Å²) in [6.07, 6.45) is 6.30. The first-order chi connectivity index (χ1) is 17.3. The van der Waals surface area contributed by atoms with Crippen LogP contribution in [0.25, 0.3) is 11.4 Å². The Hall–Kier alpha value is -4.24. The van der Waals surface area contributed by atoms with Crippen molar-refractivity contribution in [3.8, 4) is 5.82 Å². The molecule has 0 radical (unpaired) electrons. The monoisotopic (exact) mass is 505 g/mol. The minimum atomic E-state index is -0.408. The third-order valence-electron chi connectivity index (χ3n) is 5.60. The van der Waals surface area contributed by atoms with E-state index in [-0.39, 0.29) is 11.5 Å². The first kappa shape index (κ1) is 24.9. The van der Waals surface area contributed by atoms with Crippen molar-refractivity contribution in [1.82, 2.24) is 25.4 Å². The molecule has 1 unspecified atom stereocenters. The molecule has 1 amide bonds. The Morgan fingerprint density at radius 2 is 2.08 bits per heavy atom. The number of aromatic nitrogens is 3. The van der Waals surface area contributed by atoms with Gasteiger partial charge in [0, 0.05) is 47.4 Å². The van der Waals surface area contributed by atoms with Gasteiger partial charge in [-0.05, 0) is 50.3 Å². The summed E-state index contributed by atoms with van der Waals surface area (Å²) in [5.74, 6) is 0.315. The van der Waals surface area contributed by atoms with Crippen LogP contribution in [0, 0.1) is 18.2 Å². The SMILES string of the molecule is CNC(=O)/C(C=N)=C1\C=C(c2cc(NC(C)c3ccc(Cl)cc3F)nn2-c2cccc(C)n2)C=CN1. The molecule has 36 heavy (non-hydrogen) atoms. The van der Waals surface area contributed by atoms with Crippen LogP contribution in [0.5, 0.6) is 0 Å². The molecule has 184 valence electrons. The fourth-order valence-electron chi connectivity index (χ4n) is 3.81. The highest BCUT2D eigenvalue weighted by molar-refractivity contribution is 6.30. The van der Waals surface area contributed by atoms with Crippen molar-refractivity contribution >= 4 is 35.1 Å². The molecular weight excluding hydrogens is 481 g/mol. The van der Waals surface area contributed by atoms with Crippen molar-refractivity contribution in [2.24, 2.45) is 0 Å². The molecule has 1 aliphatic heterocycles. The number of allylic oxidation sites excluding steroid dienone is 3. The van der Waals surface area contributed by atoms with Gasteiger partial charge in [-0.1, -0.05) is 23.7 Å². The van der Waals surface area contributed by atoms with E-state index in [2.05, 4.69) is 20.9 Å². The molecule has 4 N–H and O–H groups in total. The normalized spacial score (nSPS) is 15.0. The van der Waals surface area contributed by atoms with Crippen LogP contribution in [-0.4, -0.2) is 33.9 Å². The third-order valence-corrected chi connectivity index (χ3v) is 5.83. The Morgan fingerprint density at radius 1 is 1.28 bits per heavy atom. The number of rotatable bonds is 7. The zero-order valence-electron chi connectivity index (χ0n) is 19.9. The number of halogens is 2. The highest BCUT2D eigenvalue weighted by atomic mass is 35.5. The first-order valence-corrected chi connectivity index (χ1v) is 11.6. The van der Waals surface area contributed by atoms with Crippen LogP contribution in [0.2, 0.25) is 5.02 Å². The van der Waals surface area contributed by atoms with Crippen LogP contribution in [0.1, 0.15) is 29.9 Å². The van der Waals surface area contributed by atoms with Crippen molar-refractivity contribution in [1.29, 1.82) is 5.41 Å². The lowest BCUT2D eigenvalue weighted by atomic mass is 10.0. The second-order valence-corrected chi connectivity index (χ2v) is 8.56. The molecule has 0 aliphatic carbocycles. The van der Waals surface area contributed by atoms with Gasteiger partial charge in [-0.2, -0.15) is 0 Å². The number of likely N-dealkylation sites (N-methyl/N-ethyl adjacent to an activating group) is 1. The Kier molecular flexibility index (Phi) is 7.30. The number of nitrogens with one attached hydrogen (secondary N) is 4. The molecule has 2 aromatic heterocycles. The number of nitrogens with zero attached hydrogens (tertiary/aromatic N) is 3. The van der Waals surface area contributed by atoms with Gasteiger partial charge in [-0.3, -0.25) is 4.79 Å². The first-order valence-electron chi connectivity index (χ1n) is 11.2. The number of pyridine rings is 1. The molecule has 3 heterocycles. The van der Waals surface area contributed by atoms with E-state index in [4.69, 9.17) is 22.1 Å². The summed E-state index contributed by atoms with van der Waals surface area (Å²) >= 11 is 5.90. The lowest BCUT2D eigenvalue weighted by molar-refractivity contribution is -0.116. The van der Waals surface area contributed by atoms with Gasteiger partial charge in [0.25, 0.3) is 5.91 Å². The number of carbonyl (C=O) groups is 1. The molecular formula is C26H25ClFN7O. The van der Waals surface area contributed by atoms with Crippen LogP contribution in [0.4, 0.5) is 10.2 Å². The summed E-state index contributed by atoms with van der Waals surface area (Å²) in [7, 11) is 1.51. The minimum Gasteiger partial charge on any atom is -0.362 e. The highest BCUT2D eigenvalue weighted by Gasteiger charge is 2.20. The number of aryl methyl sites for hydroxylation is 1. The second kappa shape index (κ2) is 10.6. The van der Waals surface area contributed by atoms with E-state index >= 15 is 0 Å². The molecule has 4 rings (SSSR count). The van der Waals surface area contributed by atoms with Gasteiger partial charge >= 0.3 is 0 Å². The zero-order chi connectivity index (χ0) is 25.8. The van der Waals surface area contributed by atoms with Crippen molar-refractivity contribution < 1.29 is 9.18 Å². The number of benzene rings is 1. The molecule has 10 heteroatoms. The predicted octanol–water partition coefficient (Wildman–Crippen LogP) is 4.69. The van der Waals surface area contributed by atoms with Crippen LogP contribution in [0.15, 0.2) is 72.1 Å². The number of carbonyl (C=O) groups excluding carboxylic acids is 1. The molecule has 1 atom stereocenters. The smallest absolute Gasteiger partial charge is 0.254 e. The molecule has 0 bridgehead atoms. The number of dihydropyridines is 1. The number of hydrogen-bond acceptors (Lipinski definition) is 6. The molecule has 0 spiro atoms. The molecule has 1 aliphatic rings. The summed E-state index contributed by atoms with van der Waals surface area (Å²) in [6, 6.07) is 11.6. The van der Waals surface area contributed by atoms with Crippen LogP contribution in [0.3, 0.4) is 0 Å². The van der Waals surface area contributed by atoms with E-state index < -0.39 is 11.9 Å². The van der Waals surface area contributed by atoms with E-state index in [1.54, 1.807) is 29.1 Å². The summed E-state index contributed by atoms with van der Waals surface area (Å²) in [5, 5.41) is 21.5. The predicted molar refractivity (Wildman–Crippen MR) is 140 cm³/mol. The maximum absolute atomic E-state index is 14.5. The van der Waals surface area contributed by atoms with Gasteiger partial charge in [0.1, 0.15) is 11.6 Å².